The molecule has 2 aliphatic rings. The molecule has 0 bridgehead atoms. The van der Waals surface area contributed by atoms with Crippen LogP contribution in [0.5, 0.6) is 0 Å². The second-order valence-corrected chi connectivity index (χ2v) is 12.0. The second kappa shape index (κ2) is 13.1. The lowest BCUT2D eigenvalue weighted by Crippen LogP contribution is -2.56. The van der Waals surface area contributed by atoms with E-state index in [9.17, 15) is 28.8 Å². The Balaban J connectivity index is 2.29. The quantitative estimate of drug-likeness (QED) is 0.274. The SMILES string of the molecule is C=C1C[C@H](OC(C)=O)C(=O)C(C)(C)C=C[C@@H](C)C(=O)[C@]2(OC(C)=O)C[C@H](C)[C@@H](OC(=O)c3ccccc3)[C@H]2[C@@H]1OC(C)=O. The Kier molecular flexibility index (Phi) is 10.1. The molecule has 0 N–H and O–H groups in total. The smallest absolute Gasteiger partial charge is 0.338 e. The molecule has 1 aromatic carbocycles. The van der Waals surface area contributed by atoms with Crippen LogP contribution < -0.4 is 0 Å². The molecule has 0 aliphatic heterocycles. The summed E-state index contributed by atoms with van der Waals surface area (Å²) in [6, 6.07) is 8.22. The number of carbonyl (C=O) groups is 6. The highest BCUT2D eigenvalue weighted by molar-refractivity contribution is 5.95. The van der Waals surface area contributed by atoms with Crippen molar-refractivity contribution in [1.82, 2.24) is 0 Å². The molecule has 0 amide bonds. The van der Waals surface area contributed by atoms with Crippen LogP contribution in [0.25, 0.3) is 0 Å². The highest BCUT2D eigenvalue weighted by Crippen LogP contribution is 2.50. The number of hydrogen-bond donors (Lipinski definition) is 0. The van der Waals surface area contributed by atoms with Gasteiger partial charge in [0.25, 0.3) is 0 Å². The van der Waals surface area contributed by atoms with Crippen molar-refractivity contribution in [2.24, 2.45) is 23.2 Å². The maximum Gasteiger partial charge on any atom is 0.338 e. The molecule has 7 atom stereocenters. The third-order valence-corrected chi connectivity index (χ3v) is 7.99. The van der Waals surface area contributed by atoms with Gasteiger partial charge in [0.05, 0.1) is 11.5 Å². The fraction of sp³-hybridized carbons (Fsp3) is 0.515. The summed E-state index contributed by atoms with van der Waals surface area (Å²) in [6.45, 7) is 14.2. The molecule has 10 heteroatoms. The molecular weight excluding hydrogens is 556 g/mol. The Morgan fingerprint density at radius 3 is 2.02 bits per heavy atom. The lowest BCUT2D eigenvalue weighted by atomic mass is 9.73. The third kappa shape index (κ3) is 7.29. The van der Waals surface area contributed by atoms with Crippen molar-refractivity contribution < 1.29 is 47.7 Å². The van der Waals surface area contributed by atoms with E-state index in [1.807, 2.05) is 0 Å². The summed E-state index contributed by atoms with van der Waals surface area (Å²) in [6.07, 6.45) is -0.970. The van der Waals surface area contributed by atoms with Crippen LogP contribution in [0.15, 0.2) is 54.6 Å². The zero-order chi connectivity index (χ0) is 32.3. The Bertz CT molecular complexity index is 1330. The number of fused-ring (bicyclic) bond motifs is 1. The summed E-state index contributed by atoms with van der Waals surface area (Å²) in [5.41, 5.74) is -2.70. The van der Waals surface area contributed by atoms with Crippen LogP contribution >= 0.6 is 0 Å². The van der Waals surface area contributed by atoms with Crippen LogP contribution in [0.4, 0.5) is 0 Å². The second-order valence-electron chi connectivity index (χ2n) is 12.0. The first kappa shape index (κ1) is 33.4. The van der Waals surface area contributed by atoms with Crippen molar-refractivity contribution in [2.45, 2.75) is 85.2 Å². The predicted octanol–water partition coefficient (Wildman–Crippen LogP) is 4.35. The minimum absolute atomic E-state index is 0.0399. The van der Waals surface area contributed by atoms with E-state index in [1.54, 1.807) is 70.2 Å². The van der Waals surface area contributed by atoms with Crippen molar-refractivity contribution in [2.75, 3.05) is 0 Å². The Labute approximate surface area is 251 Å². The topological polar surface area (TPSA) is 139 Å². The molecule has 1 saturated carbocycles. The van der Waals surface area contributed by atoms with Gasteiger partial charge in [0.15, 0.2) is 23.3 Å². The molecular formula is C33H40O10. The number of benzene rings is 1. The summed E-state index contributed by atoms with van der Waals surface area (Å²) >= 11 is 0. The van der Waals surface area contributed by atoms with Gasteiger partial charge in [-0.1, -0.05) is 50.8 Å². The van der Waals surface area contributed by atoms with Crippen LogP contribution in [0.2, 0.25) is 0 Å². The molecule has 3 rings (SSSR count). The average molecular weight is 597 g/mol. The molecule has 0 unspecified atom stereocenters. The zero-order valence-corrected chi connectivity index (χ0v) is 25.7. The highest BCUT2D eigenvalue weighted by Gasteiger charge is 2.65. The van der Waals surface area contributed by atoms with Gasteiger partial charge >= 0.3 is 23.9 Å². The number of hydrogen-bond acceptors (Lipinski definition) is 10. The minimum Gasteiger partial charge on any atom is -0.458 e. The third-order valence-electron chi connectivity index (χ3n) is 7.99. The number of esters is 4. The minimum atomic E-state index is -1.90. The predicted molar refractivity (Wildman–Crippen MR) is 154 cm³/mol. The number of ketones is 2. The van der Waals surface area contributed by atoms with Gasteiger partial charge in [0, 0.05) is 44.9 Å². The summed E-state index contributed by atoms with van der Waals surface area (Å²) in [5, 5.41) is 0. The van der Waals surface area contributed by atoms with Crippen molar-refractivity contribution in [3.05, 3.63) is 60.2 Å². The molecule has 0 radical (unpaired) electrons. The molecule has 0 saturated heterocycles. The summed E-state index contributed by atoms with van der Waals surface area (Å²) in [7, 11) is 0. The number of carbonyl (C=O) groups excluding carboxylic acids is 6. The number of allylic oxidation sites excluding steroid dienone is 2. The zero-order valence-electron chi connectivity index (χ0n) is 25.7. The first-order valence-corrected chi connectivity index (χ1v) is 14.3. The maximum atomic E-state index is 14.4. The molecule has 0 aromatic heterocycles. The fourth-order valence-corrected chi connectivity index (χ4v) is 6.09. The van der Waals surface area contributed by atoms with Gasteiger partial charge in [-0.2, -0.15) is 0 Å². The number of Topliss-reactive ketones (excluding diaryl/α,β-unsaturated/α-hetero) is 2. The van der Waals surface area contributed by atoms with Gasteiger partial charge in [0.2, 0.25) is 0 Å². The maximum absolute atomic E-state index is 14.4. The summed E-state index contributed by atoms with van der Waals surface area (Å²) < 4.78 is 23.1. The lowest BCUT2D eigenvalue weighted by molar-refractivity contribution is -0.182. The Hall–Kier alpha value is -4.08. The van der Waals surface area contributed by atoms with E-state index in [0.717, 1.165) is 13.8 Å². The lowest BCUT2D eigenvalue weighted by Gasteiger charge is -2.41. The highest BCUT2D eigenvalue weighted by atomic mass is 16.6. The summed E-state index contributed by atoms with van der Waals surface area (Å²) in [5.74, 6) is -6.55. The fourth-order valence-electron chi connectivity index (χ4n) is 6.09. The van der Waals surface area contributed by atoms with Gasteiger partial charge in [-0.25, -0.2) is 4.79 Å². The van der Waals surface area contributed by atoms with Crippen LogP contribution in [0.3, 0.4) is 0 Å². The molecule has 0 heterocycles. The molecule has 2 aliphatic carbocycles. The van der Waals surface area contributed by atoms with E-state index < -0.39 is 82.5 Å². The molecule has 10 nitrogen and oxygen atoms in total. The van der Waals surface area contributed by atoms with E-state index in [-0.39, 0.29) is 24.0 Å². The first-order valence-electron chi connectivity index (χ1n) is 14.3. The standard InChI is InChI=1S/C33H40O10/c1-18-14-15-32(7,8)30(38)25(40-21(4)34)16-19(2)27(41-22(5)35)26-28(42-31(39)24-12-10-9-11-13-24)20(3)17-33(26,29(18)37)43-23(6)36/h9-15,18,20,25-28H,2,16-17H2,1,3-8H3/t18-,20+,25+,26-,27-,28-,33+/m1/s1. The van der Waals surface area contributed by atoms with E-state index >= 15 is 0 Å². The largest absolute Gasteiger partial charge is 0.458 e. The van der Waals surface area contributed by atoms with E-state index in [1.165, 1.54) is 6.92 Å². The first-order chi connectivity index (χ1) is 20.0. The number of ether oxygens (including phenoxy) is 4. The van der Waals surface area contributed by atoms with Crippen molar-refractivity contribution in [3.8, 4) is 0 Å². The Morgan fingerprint density at radius 2 is 1.47 bits per heavy atom. The molecule has 232 valence electrons. The van der Waals surface area contributed by atoms with Crippen LogP contribution in [-0.2, 0) is 42.9 Å². The average Bonchev–Trinajstić information content (AvgIpc) is 3.18. The molecule has 1 fully saturated rings. The van der Waals surface area contributed by atoms with Crippen LogP contribution in [-0.4, -0.2) is 59.4 Å². The van der Waals surface area contributed by atoms with Crippen molar-refractivity contribution in [1.29, 1.82) is 0 Å². The molecule has 43 heavy (non-hydrogen) atoms. The van der Waals surface area contributed by atoms with Crippen LogP contribution in [0.1, 0.15) is 71.7 Å². The normalized spacial score (nSPS) is 30.7. The monoisotopic (exact) mass is 596 g/mol. The van der Waals surface area contributed by atoms with E-state index in [4.69, 9.17) is 18.9 Å². The van der Waals surface area contributed by atoms with Gasteiger partial charge in [-0.3, -0.25) is 24.0 Å². The van der Waals surface area contributed by atoms with Gasteiger partial charge < -0.3 is 18.9 Å². The Morgan fingerprint density at radius 1 is 0.860 bits per heavy atom. The molecule has 1 aromatic rings. The molecule has 0 spiro atoms. The number of rotatable bonds is 5. The van der Waals surface area contributed by atoms with Gasteiger partial charge in [0.1, 0.15) is 12.2 Å². The summed E-state index contributed by atoms with van der Waals surface area (Å²) in [4.78, 5) is 78.5. The van der Waals surface area contributed by atoms with Crippen LogP contribution in [0, 0.1) is 23.2 Å². The van der Waals surface area contributed by atoms with Crippen molar-refractivity contribution >= 4 is 35.4 Å². The van der Waals surface area contributed by atoms with E-state index in [2.05, 4.69) is 6.58 Å². The van der Waals surface area contributed by atoms with Gasteiger partial charge in [-0.05, 0) is 37.5 Å². The van der Waals surface area contributed by atoms with Gasteiger partial charge in [-0.15, -0.1) is 0 Å². The van der Waals surface area contributed by atoms with Crippen molar-refractivity contribution in [3.63, 3.8) is 0 Å². The van der Waals surface area contributed by atoms with E-state index in [0.29, 0.717) is 0 Å².